The lowest BCUT2D eigenvalue weighted by atomic mass is 9.41. The predicted octanol–water partition coefficient (Wildman–Crippen LogP) is 4.91. The Kier molecular flexibility index (Phi) is 5.14. The Balaban J connectivity index is 1.26. The molecule has 1 heterocycles. The summed E-state index contributed by atoms with van der Waals surface area (Å²) in [4.78, 5) is 26.5. The Morgan fingerprint density at radius 2 is 1.86 bits per heavy atom. The summed E-state index contributed by atoms with van der Waals surface area (Å²) in [6, 6.07) is 4.42. The van der Waals surface area contributed by atoms with Gasteiger partial charge in [0.25, 0.3) is 17.9 Å². The minimum atomic E-state index is -2.95. The largest absolute Gasteiger partial charge is 0.384 e. The third kappa shape index (κ3) is 3.42. The predicted molar refractivity (Wildman–Crippen MR) is 128 cm³/mol. The molecule has 0 saturated heterocycles. The molecular weight excluding hydrogens is 471 g/mol. The normalized spacial score (nSPS) is 32.0. The van der Waals surface area contributed by atoms with E-state index in [9.17, 15) is 22.8 Å². The van der Waals surface area contributed by atoms with Gasteiger partial charge in [-0.25, -0.2) is 13.2 Å². The first-order chi connectivity index (χ1) is 17.1. The average Bonchev–Trinajstić information content (AvgIpc) is 2.71. The Hall–Kier alpha value is -2.81. The fraction of sp³-hybridized carbons (Fsp3) is 0.556. The van der Waals surface area contributed by atoms with Gasteiger partial charge in [-0.2, -0.15) is 0 Å². The van der Waals surface area contributed by atoms with Crippen LogP contribution >= 0.6 is 0 Å². The first-order valence-corrected chi connectivity index (χ1v) is 12.5. The van der Waals surface area contributed by atoms with E-state index in [1.54, 1.807) is 24.8 Å². The number of pyridine rings is 1. The molecule has 1 atom stereocenters. The minimum absolute atomic E-state index is 0.0119. The van der Waals surface area contributed by atoms with Crippen molar-refractivity contribution in [3.63, 3.8) is 0 Å². The van der Waals surface area contributed by atoms with Crippen molar-refractivity contribution in [3.8, 4) is 0 Å². The molecule has 4 bridgehead atoms. The SMILES string of the molecule is COC12CC(CNc3cc(=O)n(C45CC(C4)C5)cc3C(=O)N[C@H](C)c3cccc(C(F)F)c3F)(C1)C2. The van der Waals surface area contributed by atoms with Crippen molar-refractivity contribution in [2.24, 2.45) is 11.3 Å². The Morgan fingerprint density at radius 1 is 1.19 bits per heavy atom. The third-order valence-electron chi connectivity index (χ3n) is 9.10. The zero-order valence-corrected chi connectivity index (χ0v) is 20.4. The Morgan fingerprint density at radius 3 is 2.44 bits per heavy atom. The highest BCUT2D eigenvalue weighted by Gasteiger charge is 2.68. The Labute approximate surface area is 207 Å². The number of carbonyl (C=O) groups is 1. The van der Waals surface area contributed by atoms with E-state index in [-0.39, 0.29) is 27.7 Å². The van der Waals surface area contributed by atoms with Crippen LogP contribution in [0.4, 0.5) is 18.9 Å². The molecular formula is C27H30F3N3O3. The number of ether oxygens (including phenoxy) is 1. The standard InChI is InChI=1S/C27H30F3N3O3/c1-15(17-4-3-5-18(22(17)28)23(29)30)32-24(35)19-10-33(26-7-16(8-26)9-26)21(34)6-20(19)31-14-25-11-27(12-25,13-25)36-2/h3-6,10,15-16,23,31H,7-9,11-14H2,1-2H3,(H,32,35)/t15-,16?,25?,26?,27?/m1/s1. The van der Waals surface area contributed by atoms with Crippen LogP contribution in [0.3, 0.4) is 0 Å². The van der Waals surface area contributed by atoms with Crippen LogP contribution in [0, 0.1) is 17.2 Å². The lowest BCUT2D eigenvalue weighted by Crippen LogP contribution is -2.70. The van der Waals surface area contributed by atoms with Gasteiger partial charge in [-0.1, -0.05) is 18.2 Å². The van der Waals surface area contributed by atoms with Gasteiger partial charge in [0.1, 0.15) is 5.82 Å². The van der Waals surface area contributed by atoms with Gasteiger partial charge in [-0.3, -0.25) is 9.59 Å². The van der Waals surface area contributed by atoms with Crippen LogP contribution in [0.2, 0.25) is 0 Å². The molecule has 6 nitrogen and oxygen atoms in total. The fourth-order valence-corrected chi connectivity index (χ4v) is 6.96. The number of amides is 1. The second kappa shape index (κ2) is 7.84. The van der Waals surface area contributed by atoms with E-state index >= 15 is 0 Å². The summed E-state index contributed by atoms with van der Waals surface area (Å²) in [6.45, 7) is 2.18. The van der Waals surface area contributed by atoms with E-state index in [2.05, 4.69) is 10.6 Å². The van der Waals surface area contributed by atoms with E-state index in [1.807, 2.05) is 0 Å². The molecule has 1 aromatic heterocycles. The highest BCUT2D eigenvalue weighted by molar-refractivity contribution is 5.99. The van der Waals surface area contributed by atoms with Crippen molar-refractivity contribution < 1.29 is 22.7 Å². The van der Waals surface area contributed by atoms with Crippen LogP contribution in [0.15, 0.2) is 35.3 Å². The summed E-state index contributed by atoms with van der Waals surface area (Å²) in [7, 11) is 1.73. The molecule has 192 valence electrons. The first kappa shape index (κ1) is 23.6. The van der Waals surface area contributed by atoms with Crippen LogP contribution in [-0.2, 0) is 10.3 Å². The van der Waals surface area contributed by atoms with E-state index < -0.39 is 29.8 Å². The second-order valence-corrected chi connectivity index (χ2v) is 11.5. The highest BCUT2D eigenvalue weighted by Crippen LogP contribution is 2.68. The molecule has 9 heteroatoms. The number of nitrogens with one attached hydrogen (secondary N) is 2. The fourth-order valence-electron chi connectivity index (χ4n) is 6.96. The summed E-state index contributed by atoms with van der Waals surface area (Å²) in [6.07, 6.45) is 4.32. The van der Waals surface area contributed by atoms with Crippen molar-refractivity contribution in [2.45, 2.75) is 69.1 Å². The number of anilines is 1. The van der Waals surface area contributed by atoms with Crippen molar-refractivity contribution in [1.29, 1.82) is 0 Å². The lowest BCUT2D eigenvalue weighted by Gasteiger charge is -2.69. The number of rotatable bonds is 9. The number of methoxy groups -OCH3 is 1. The number of alkyl halides is 2. The summed E-state index contributed by atoms with van der Waals surface area (Å²) in [5, 5.41) is 6.09. The summed E-state index contributed by atoms with van der Waals surface area (Å²) in [5.41, 5.74) is -0.239. The monoisotopic (exact) mass is 501 g/mol. The van der Waals surface area contributed by atoms with Crippen molar-refractivity contribution in [1.82, 2.24) is 9.88 Å². The van der Waals surface area contributed by atoms with Gasteiger partial charge in [-0.15, -0.1) is 0 Å². The van der Waals surface area contributed by atoms with Gasteiger partial charge in [0, 0.05) is 37.0 Å². The van der Waals surface area contributed by atoms with Gasteiger partial charge in [-0.05, 0) is 56.8 Å². The number of hydrogen-bond donors (Lipinski definition) is 2. The minimum Gasteiger partial charge on any atom is -0.384 e. The average molecular weight is 502 g/mol. The van der Waals surface area contributed by atoms with Crippen molar-refractivity contribution >= 4 is 11.6 Å². The molecule has 2 aromatic rings. The van der Waals surface area contributed by atoms with Gasteiger partial charge in [0.2, 0.25) is 0 Å². The van der Waals surface area contributed by atoms with Gasteiger partial charge in [0.15, 0.2) is 0 Å². The van der Waals surface area contributed by atoms with Crippen LogP contribution in [0.25, 0.3) is 0 Å². The molecule has 6 aliphatic rings. The van der Waals surface area contributed by atoms with E-state index in [4.69, 9.17) is 4.74 Å². The maximum Gasteiger partial charge on any atom is 0.266 e. The Bertz CT molecular complexity index is 1270. The molecule has 2 N–H and O–H groups in total. The zero-order valence-electron chi connectivity index (χ0n) is 20.4. The number of hydrogen-bond acceptors (Lipinski definition) is 4. The van der Waals surface area contributed by atoms with Crippen molar-refractivity contribution in [2.75, 3.05) is 19.0 Å². The summed E-state index contributed by atoms with van der Waals surface area (Å²) >= 11 is 0. The molecule has 36 heavy (non-hydrogen) atoms. The van der Waals surface area contributed by atoms with Gasteiger partial charge >= 0.3 is 0 Å². The maximum atomic E-state index is 14.7. The topological polar surface area (TPSA) is 72.4 Å². The maximum absolute atomic E-state index is 14.7. The molecule has 0 radical (unpaired) electrons. The smallest absolute Gasteiger partial charge is 0.266 e. The second-order valence-electron chi connectivity index (χ2n) is 11.5. The quantitative estimate of drug-likeness (QED) is 0.513. The van der Waals surface area contributed by atoms with E-state index in [1.165, 1.54) is 18.2 Å². The van der Waals surface area contributed by atoms with Crippen LogP contribution < -0.4 is 16.2 Å². The molecule has 6 saturated carbocycles. The highest BCUT2D eigenvalue weighted by atomic mass is 19.3. The van der Waals surface area contributed by atoms with Crippen LogP contribution in [-0.4, -0.2) is 29.7 Å². The first-order valence-electron chi connectivity index (χ1n) is 12.5. The molecule has 1 amide bonds. The number of halogens is 3. The number of nitrogens with zero attached hydrogens (tertiary/aromatic N) is 1. The third-order valence-corrected chi connectivity index (χ3v) is 9.10. The molecule has 0 spiro atoms. The van der Waals surface area contributed by atoms with Gasteiger partial charge < -0.3 is 19.9 Å². The summed E-state index contributed by atoms with van der Waals surface area (Å²) < 4.78 is 48.3. The van der Waals surface area contributed by atoms with Crippen molar-refractivity contribution in [3.05, 3.63) is 63.3 Å². The lowest BCUT2D eigenvalue weighted by molar-refractivity contribution is -0.267. The van der Waals surface area contributed by atoms with Crippen LogP contribution in [0.5, 0.6) is 0 Å². The van der Waals surface area contributed by atoms with Gasteiger partial charge in [0.05, 0.1) is 28.5 Å². The zero-order chi connectivity index (χ0) is 25.5. The molecule has 6 aliphatic carbocycles. The summed E-state index contributed by atoms with van der Waals surface area (Å²) in [5.74, 6) is -0.860. The number of aromatic nitrogens is 1. The van der Waals surface area contributed by atoms with E-state index in [0.29, 0.717) is 23.7 Å². The number of carbonyl (C=O) groups excluding carboxylic acids is 1. The van der Waals surface area contributed by atoms with Crippen LogP contribution in [0.1, 0.15) is 79.4 Å². The number of benzene rings is 1. The molecule has 0 aliphatic heterocycles. The molecule has 8 rings (SSSR count). The molecule has 1 aromatic carbocycles. The molecule has 0 unspecified atom stereocenters. The van der Waals surface area contributed by atoms with E-state index in [0.717, 1.165) is 44.6 Å². The molecule has 6 fully saturated rings.